The van der Waals surface area contributed by atoms with Crippen LogP contribution in [-0.2, 0) is 14.8 Å². The summed E-state index contributed by atoms with van der Waals surface area (Å²) in [6.07, 6.45) is 4.56. The van der Waals surface area contributed by atoms with E-state index in [0.717, 1.165) is 12.3 Å². The number of nitrogens with zero attached hydrogens (tertiary/aromatic N) is 1. The van der Waals surface area contributed by atoms with Crippen molar-refractivity contribution in [3.63, 3.8) is 0 Å². The van der Waals surface area contributed by atoms with Crippen molar-refractivity contribution < 1.29 is 23.1 Å². The Morgan fingerprint density at radius 3 is 2.23 bits per heavy atom. The molecule has 2 fully saturated rings. The SMILES string of the molecule is O=C(O)c1ccc(S(=O)(=O)N2CCC(C(=O)NCCC3CC3)CC2)cc1. The van der Waals surface area contributed by atoms with Gasteiger partial charge in [0.05, 0.1) is 10.5 Å². The summed E-state index contributed by atoms with van der Waals surface area (Å²) in [5.74, 6) is -0.444. The van der Waals surface area contributed by atoms with Crippen molar-refractivity contribution >= 4 is 21.9 Å². The summed E-state index contributed by atoms with van der Waals surface area (Å²) in [6, 6.07) is 5.20. The third kappa shape index (κ3) is 4.42. The Morgan fingerprint density at radius 1 is 1.08 bits per heavy atom. The van der Waals surface area contributed by atoms with E-state index in [-0.39, 0.29) is 22.3 Å². The maximum atomic E-state index is 12.7. The van der Waals surface area contributed by atoms with E-state index in [0.29, 0.717) is 32.5 Å². The number of aromatic carboxylic acids is 1. The van der Waals surface area contributed by atoms with Crippen molar-refractivity contribution in [2.24, 2.45) is 11.8 Å². The summed E-state index contributed by atoms with van der Waals surface area (Å²) in [5, 5.41) is 11.9. The van der Waals surface area contributed by atoms with E-state index in [1.807, 2.05) is 0 Å². The highest BCUT2D eigenvalue weighted by atomic mass is 32.2. The molecule has 1 heterocycles. The monoisotopic (exact) mass is 380 g/mol. The molecule has 8 heteroatoms. The molecule has 1 saturated carbocycles. The number of sulfonamides is 1. The van der Waals surface area contributed by atoms with Gasteiger partial charge in [-0.1, -0.05) is 12.8 Å². The fraction of sp³-hybridized carbons (Fsp3) is 0.556. The fourth-order valence-electron chi connectivity index (χ4n) is 3.23. The molecule has 142 valence electrons. The summed E-state index contributed by atoms with van der Waals surface area (Å²) in [6.45, 7) is 1.30. The maximum absolute atomic E-state index is 12.7. The second-order valence-electron chi connectivity index (χ2n) is 7.03. The number of rotatable bonds is 7. The first-order chi connectivity index (χ1) is 12.4. The van der Waals surface area contributed by atoms with Crippen LogP contribution in [0.3, 0.4) is 0 Å². The molecular formula is C18H24N2O5S. The number of carboxylic acids is 1. The topological polar surface area (TPSA) is 104 Å². The van der Waals surface area contributed by atoms with Crippen LogP contribution in [0.1, 0.15) is 42.5 Å². The van der Waals surface area contributed by atoms with Crippen LogP contribution in [0.2, 0.25) is 0 Å². The molecule has 0 bridgehead atoms. The minimum Gasteiger partial charge on any atom is -0.478 e. The maximum Gasteiger partial charge on any atom is 0.335 e. The molecule has 1 aromatic rings. The molecule has 2 N–H and O–H groups in total. The summed E-state index contributed by atoms with van der Waals surface area (Å²) < 4.78 is 26.7. The zero-order chi connectivity index (χ0) is 18.7. The van der Waals surface area contributed by atoms with Crippen LogP contribution in [-0.4, -0.2) is 49.3 Å². The van der Waals surface area contributed by atoms with Crippen LogP contribution in [0.15, 0.2) is 29.2 Å². The Morgan fingerprint density at radius 2 is 1.69 bits per heavy atom. The summed E-state index contributed by atoms with van der Waals surface area (Å²) >= 11 is 0. The van der Waals surface area contributed by atoms with Gasteiger partial charge in [0.15, 0.2) is 0 Å². The number of piperidine rings is 1. The van der Waals surface area contributed by atoms with E-state index in [9.17, 15) is 18.0 Å². The molecule has 1 aliphatic carbocycles. The van der Waals surface area contributed by atoms with Crippen LogP contribution < -0.4 is 5.32 Å². The number of hydrogen-bond acceptors (Lipinski definition) is 4. The van der Waals surface area contributed by atoms with Crippen molar-refractivity contribution in [3.05, 3.63) is 29.8 Å². The number of carboxylic acid groups (broad SMARTS) is 1. The van der Waals surface area contributed by atoms with Crippen molar-refractivity contribution in [2.45, 2.75) is 37.0 Å². The molecule has 26 heavy (non-hydrogen) atoms. The molecule has 0 radical (unpaired) electrons. The fourth-order valence-corrected chi connectivity index (χ4v) is 4.70. The smallest absolute Gasteiger partial charge is 0.335 e. The van der Waals surface area contributed by atoms with Gasteiger partial charge >= 0.3 is 5.97 Å². The van der Waals surface area contributed by atoms with E-state index >= 15 is 0 Å². The van der Waals surface area contributed by atoms with Crippen LogP contribution in [0.25, 0.3) is 0 Å². The van der Waals surface area contributed by atoms with Crippen LogP contribution in [0.4, 0.5) is 0 Å². The zero-order valence-electron chi connectivity index (χ0n) is 14.6. The molecular weight excluding hydrogens is 356 g/mol. The number of amides is 1. The molecule has 0 spiro atoms. The van der Waals surface area contributed by atoms with E-state index in [1.54, 1.807) is 0 Å². The molecule has 3 rings (SSSR count). The molecule has 0 atom stereocenters. The average molecular weight is 380 g/mol. The lowest BCUT2D eigenvalue weighted by atomic mass is 9.97. The van der Waals surface area contributed by atoms with Crippen molar-refractivity contribution in [1.29, 1.82) is 0 Å². The lowest BCUT2D eigenvalue weighted by molar-refractivity contribution is -0.126. The van der Waals surface area contributed by atoms with E-state index in [1.165, 1.54) is 41.4 Å². The number of carbonyl (C=O) groups excluding carboxylic acids is 1. The second kappa shape index (κ2) is 7.75. The Labute approximate surface area is 153 Å². The van der Waals surface area contributed by atoms with Gasteiger partial charge in [0.25, 0.3) is 0 Å². The third-order valence-electron chi connectivity index (χ3n) is 5.11. The van der Waals surface area contributed by atoms with E-state index in [2.05, 4.69) is 5.32 Å². The lowest BCUT2D eigenvalue weighted by Crippen LogP contribution is -2.43. The van der Waals surface area contributed by atoms with Gasteiger partial charge in [0.2, 0.25) is 15.9 Å². The molecule has 0 unspecified atom stereocenters. The van der Waals surface area contributed by atoms with Crippen LogP contribution in [0, 0.1) is 11.8 Å². The molecule has 7 nitrogen and oxygen atoms in total. The Balaban J connectivity index is 1.54. The van der Waals surface area contributed by atoms with Crippen LogP contribution in [0.5, 0.6) is 0 Å². The minimum absolute atomic E-state index is 0.0218. The van der Waals surface area contributed by atoms with Crippen LogP contribution >= 0.6 is 0 Å². The number of hydrogen-bond donors (Lipinski definition) is 2. The highest BCUT2D eigenvalue weighted by Crippen LogP contribution is 2.31. The van der Waals surface area contributed by atoms with Gasteiger partial charge in [0, 0.05) is 25.6 Å². The van der Waals surface area contributed by atoms with Gasteiger partial charge in [-0.25, -0.2) is 13.2 Å². The molecule has 0 aromatic heterocycles. The zero-order valence-corrected chi connectivity index (χ0v) is 15.4. The van der Waals surface area contributed by atoms with Gasteiger partial charge in [-0.15, -0.1) is 0 Å². The first-order valence-electron chi connectivity index (χ1n) is 8.99. The molecule has 1 aliphatic heterocycles. The van der Waals surface area contributed by atoms with Crippen molar-refractivity contribution in [2.75, 3.05) is 19.6 Å². The summed E-state index contributed by atoms with van der Waals surface area (Å²) in [5.41, 5.74) is 0.0468. The van der Waals surface area contributed by atoms with Gasteiger partial charge < -0.3 is 10.4 Å². The molecule has 1 aromatic carbocycles. The van der Waals surface area contributed by atoms with E-state index in [4.69, 9.17) is 5.11 Å². The van der Waals surface area contributed by atoms with Gasteiger partial charge in [-0.05, 0) is 49.4 Å². The predicted octanol–water partition coefficient (Wildman–Crippen LogP) is 1.70. The van der Waals surface area contributed by atoms with Gasteiger partial charge in [-0.2, -0.15) is 4.31 Å². The van der Waals surface area contributed by atoms with Gasteiger partial charge in [0.1, 0.15) is 0 Å². The lowest BCUT2D eigenvalue weighted by Gasteiger charge is -2.30. The largest absolute Gasteiger partial charge is 0.478 e. The highest BCUT2D eigenvalue weighted by molar-refractivity contribution is 7.89. The van der Waals surface area contributed by atoms with Gasteiger partial charge in [-0.3, -0.25) is 4.79 Å². The Bertz CT molecular complexity index is 763. The number of nitrogens with one attached hydrogen (secondary N) is 1. The standard InChI is InChI=1S/C18H24N2O5S/c21-17(19-10-7-13-1-2-13)14-8-11-20(12-9-14)26(24,25)16-5-3-15(4-6-16)18(22)23/h3-6,13-14H,1-2,7-12H2,(H,19,21)(H,22,23). The normalized spacial score (nSPS) is 19.2. The van der Waals surface area contributed by atoms with Crippen molar-refractivity contribution in [3.8, 4) is 0 Å². The predicted molar refractivity (Wildman–Crippen MR) is 95.2 cm³/mol. The molecule has 2 aliphatic rings. The minimum atomic E-state index is -3.66. The first kappa shape index (κ1) is 18.8. The molecule has 1 saturated heterocycles. The van der Waals surface area contributed by atoms with Crippen molar-refractivity contribution in [1.82, 2.24) is 9.62 Å². The average Bonchev–Trinajstić information content (AvgIpc) is 3.46. The first-order valence-corrected chi connectivity index (χ1v) is 10.4. The Hall–Kier alpha value is -1.93. The highest BCUT2D eigenvalue weighted by Gasteiger charge is 2.32. The molecule has 1 amide bonds. The summed E-state index contributed by atoms with van der Waals surface area (Å²) in [7, 11) is -3.66. The summed E-state index contributed by atoms with van der Waals surface area (Å²) in [4.78, 5) is 23.2. The quantitative estimate of drug-likeness (QED) is 0.749. The number of benzene rings is 1. The van der Waals surface area contributed by atoms with E-state index < -0.39 is 16.0 Å². The Kier molecular flexibility index (Phi) is 5.62. The second-order valence-corrected chi connectivity index (χ2v) is 8.97. The number of carbonyl (C=O) groups is 2. The third-order valence-corrected chi connectivity index (χ3v) is 7.03.